The highest BCUT2D eigenvalue weighted by molar-refractivity contribution is 5.81. The van der Waals surface area contributed by atoms with E-state index in [1.807, 2.05) is 4.90 Å². The molecule has 0 aromatic heterocycles. The van der Waals surface area contributed by atoms with E-state index < -0.39 is 0 Å². The molecular formula is C19H31N3O2. The Bertz CT molecular complexity index is 477. The molecule has 4 rings (SSSR count). The second-order valence-electron chi connectivity index (χ2n) is 8.41. The number of nitrogens with zero attached hydrogens (tertiary/aromatic N) is 2. The van der Waals surface area contributed by atoms with Crippen LogP contribution in [0.25, 0.3) is 0 Å². The van der Waals surface area contributed by atoms with E-state index in [4.69, 9.17) is 0 Å². The molecule has 4 fully saturated rings. The van der Waals surface area contributed by atoms with Crippen molar-refractivity contribution in [3.8, 4) is 0 Å². The zero-order valence-electron chi connectivity index (χ0n) is 14.7. The van der Waals surface area contributed by atoms with E-state index in [0.717, 1.165) is 57.2 Å². The average molecular weight is 333 g/mol. The molecule has 2 saturated carbocycles. The second-order valence-corrected chi connectivity index (χ2v) is 8.41. The van der Waals surface area contributed by atoms with Crippen molar-refractivity contribution in [2.24, 2.45) is 17.8 Å². The van der Waals surface area contributed by atoms with Crippen LogP contribution < -0.4 is 5.32 Å². The third-order valence-electron chi connectivity index (χ3n) is 6.78. The van der Waals surface area contributed by atoms with Crippen molar-refractivity contribution in [1.82, 2.24) is 15.1 Å². The summed E-state index contributed by atoms with van der Waals surface area (Å²) in [4.78, 5) is 29.4. The molecule has 2 aliphatic heterocycles. The first kappa shape index (κ1) is 16.2. The minimum absolute atomic E-state index is 0.0203. The van der Waals surface area contributed by atoms with Crippen LogP contribution in [0.2, 0.25) is 0 Å². The van der Waals surface area contributed by atoms with Gasteiger partial charge in [-0.05, 0) is 50.4 Å². The highest BCUT2D eigenvalue weighted by Gasteiger charge is 2.40. The topological polar surface area (TPSA) is 52.7 Å². The smallest absolute Gasteiger partial charge is 0.317 e. The summed E-state index contributed by atoms with van der Waals surface area (Å²) in [5, 5.41) is 3.17. The van der Waals surface area contributed by atoms with Gasteiger partial charge in [-0.2, -0.15) is 0 Å². The standard InChI is InChI=1S/C19H31N3O2/c23-18(22-11-14-5-3-6-15(14)12-22)16-7-4-10-21(13-16)19(24)20-17-8-1-2-9-17/h14-17H,1-13H2,(H,20,24)/t14-,15+,16-/m1/s1. The van der Waals surface area contributed by atoms with E-state index in [1.54, 1.807) is 0 Å². The van der Waals surface area contributed by atoms with Gasteiger partial charge in [0.25, 0.3) is 0 Å². The van der Waals surface area contributed by atoms with Crippen molar-refractivity contribution in [2.75, 3.05) is 26.2 Å². The van der Waals surface area contributed by atoms with Gasteiger partial charge in [-0.25, -0.2) is 4.79 Å². The van der Waals surface area contributed by atoms with Crippen LogP contribution in [0.3, 0.4) is 0 Å². The molecule has 0 radical (unpaired) electrons. The van der Waals surface area contributed by atoms with E-state index in [0.29, 0.717) is 18.5 Å². The third-order valence-corrected chi connectivity index (χ3v) is 6.78. The van der Waals surface area contributed by atoms with Gasteiger partial charge in [-0.15, -0.1) is 0 Å². The predicted molar refractivity (Wildman–Crippen MR) is 92.5 cm³/mol. The number of rotatable bonds is 2. The van der Waals surface area contributed by atoms with Crippen molar-refractivity contribution in [3.63, 3.8) is 0 Å². The van der Waals surface area contributed by atoms with Crippen LogP contribution in [-0.2, 0) is 4.79 Å². The summed E-state index contributed by atoms with van der Waals surface area (Å²) in [5.41, 5.74) is 0. The quantitative estimate of drug-likeness (QED) is 0.844. The maximum absolute atomic E-state index is 12.9. The number of piperidine rings is 1. The lowest BCUT2D eigenvalue weighted by atomic mass is 9.96. The van der Waals surface area contributed by atoms with Gasteiger partial charge in [-0.3, -0.25) is 4.79 Å². The maximum atomic E-state index is 12.9. The Morgan fingerprint density at radius 1 is 0.750 bits per heavy atom. The number of fused-ring (bicyclic) bond motifs is 1. The molecule has 1 N–H and O–H groups in total. The first-order chi connectivity index (χ1) is 11.7. The summed E-state index contributed by atoms with van der Waals surface area (Å²) in [5.74, 6) is 1.83. The number of amides is 3. The molecule has 2 aliphatic carbocycles. The lowest BCUT2D eigenvalue weighted by Gasteiger charge is -2.34. The fourth-order valence-electron chi connectivity index (χ4n) is 5.37. The average Bonchev–Trinajstić information content (AvgIpc) is 3.31. The van der Waals surface area contributed by atoms with Gasteiger partial charge < -0.3 is 15.1 Å². The van der Waals surface area contributed by atoms with Gasteiger partial charge in [0, 0.05) is 32.2 Å². The number of carbonyl (C=O) groups is 2. The summed E-state index contributed by atoms with van der Waals surface area (Å²) in [6.45, 7) is 3.35. The molecule has 2 saturated heterocycles. The number of carbonyl (C=O) groups excluding carboxylic acids is 2. The van der Waals surface area contributed by atoms with Crippen molar-refractivity contribution in [1.29, 1.82) is 0 Å². The maximum Gasteiger partial charge on any atom is 0.317 e. The van der Waals surface area contributed by atoms with E-state index in [-0.39, 0.29) is 11.9 Å². The van der Waals surface area contributed by atoms with E-state index in [9.17, 15) is 9.59 Å². The van der Waals surface area contributed by atoms with Crippen molar-refractivity contribution in [3.05, 3.63) is 0 Å². The Balaban J connectivity index is 1.31. The summed E-state index contributed by atoms with van der Waals surface area (Å²) >= 11 is 0. The van der Waals surface area contributed by atoms with Gasteiger partial charge >= 0.3 is 6.03 Å². The number of hydrogen-bond acceptors (Lipinski definition) is 2. The molecule has 5 heteroatoms. The van der Waals surface area contributed by atoms with Crippen LogP contribution in [0.5, 0.6) is 0 Å². The van der Waals surface area contributed by atoms with Gasteiger partial charge in [-0.1, -0.05) is 19.3 Å². The van der Waals surface area contributed by atoms with Crippen LogP contribution >= 0.6 is 0 Å². The number of likely N-dealkylation sites (tertiary alicyclic amines) is 2. The first-order valence-corrected chi connectivity index (χ1v) is 10.0. The molecule has 0 bridgehead atoms. The first-order valence-electron chi connectivity index (χ1n) is 10.0. The molecule has 4 aliphatic rings. The predicted octanol–water partition coefficient (Wildman–Crippen LogP) is 2.61. The summed E-state index contributed by atoms with van der Waals surface area (Å²) < 4.78 is 0. The largest absolute Gasteiger partial charge is 0.342 e. The number of urea groups is 1. The fourth-order valence-corrected chi connectivity index (χ4v) is 5.37. The Kier molecular flexibility index (Phi) is 4.68. The van der Waals surface area contributed by atoms with Crippen molar-refractivity contribution in [2.45, 2.75) is 63.8 Å². The molecule has 0 spiro atoms. The van der Waals surface area contributed by atoms with Gasteiger partial charge in [0.05, 0.1) is 5.92 Å². The highest BCUT2D eigenvalue weighted by atomic mass is 16.2. The van der Waals surface area contributed by atoms with Gasteiger partial charge in [0.2, 0.25) is 5.91 Å². The molecule has 3 atom stereocenters. The van der Waals surface area contributed by atoms with E-state index >= 15 is 0 Å². The van der Waals surface area contributed by atoms with Crippen molar-refractivity contribution < 1.29 is 9.59 Å². The van der Waals surface area contributed by atoms with Crippen LogP contribution in [-0.4, -0.2) is 54.0 Å². The molecule has 0 unspecified atom stereocenters. The summed E-state index contributed by atoms with van der Waals surface area (Å²) in [6.07, 6.45) is 10.5. The van der Waals surface area contributed by atoms with Gasteiger partial charge in [0.15, 0.2) is 0 Å². The molecule has 3 amide bonds. The van der Waals surface area contributed by atoms with E-state index in [2.05, 4.69) is 10.2 Å². The fraction of sp³-hybridized carbons (Fsp3) is 0.895. The zero-order chi connectivity index (χ0) is 16.5. The zero-order valence-corrected chi connectivity index (χ0v) is 14.7. The van der Waals surface area contributed by atoms with Gasteiger partial charge in [0.1, 0.15) is 0 Å². The highest BCUT2D eigenvalue weighted by Crippen LogP contribution is 2.38. The molecule has 2 heterocycles. The normalized spacial score (nSPS) is 33.8. The molecule has 0 aromatic rings. The number of hydrogen-bond donors (Lipinski definition) is 1. The Morgan fingerprint density at radius 3 is 2.17 bits per heavy atom. The van der Waals surface area contributed by atoms with E-state index in [1.165, 1.54) is 32.1 Å². The van der Waals surface area contributed by atoms with Crippen molar-refractivity contribution >= 4 is 11.9 Å². The third kappa shape index (κ3) is 3.27. The Morgan fingerprint density at radius 2 is 1.46 bits per heavy atom. The summed E-state index contributed by atoms with van der Waals surface area (Å²) in [7, 11) is 0. The second kappa shape index (κ2) is 6.93. The minimum Gasteiger partial charge on any atom is -0.342 e. The SMILES string of the molecule is O=C(NC1CCCC1)N1CCC[C@@H](C(=O)N2C[C@H]3CCC[C@H]3C2)C1. The van der Waals surface area contributed by atoms with Crippen LogP contribution in [0.1, 0.15) is 57.8 Å². The monoisotopic (exact) mass is 333 g/mol. The molecule has 5 nitrogen and oxygen atoms in total. The molecule has 24 heavy (non-hydrogen) atoms. The molecular weight excluding hydrogens is 302 g/mol. The lowest BCUT2D eigenvalue weighted by Crippen LogP contribution is -2.51. The Labute approximate surface area is 145 Å². The lowest BCUT2D eigenvalue weighted by molar-refractivity contribution is -0.136. The number of nitrogens with one attached hydrogen (secondary N) is 1. The molecule has 0 aromatic carbocycles. The van der Waals surface area contributed by atoms with Crippen LogP contribution in [0.15, 0.2) is 0 Å². The summed E-state index contributed by atoms with van der Waals surface area (Å²) in [6, 6.07) is 0.407. The minimum atomic E-state index is 0.0203. The van der Waals surface area contributed by atoms with Crippen LogP contribution in [0, 0.1) is 17.8 Å². The molecule has 134 valence electrons. The van der Waals surface area contributed by atoms with Crippen LogP contribution in [0.4, 0.5) is 4.79 Å². The Hall–Kier alpha value is -1.26.